The number of fused-ring (bicyclic) bond motifs is 1. The van der Waals surface area contributed by atoms with Gasteiger partial charge in [0.2, 0.25) is 12.7 Å². The van der Waals surface area contributed by atoms with Gasteiger partial charge in [-0.25, -0.2) is 4.98 Å². The molecule has 0 aliphatic carbocycles. The summed E-state index contributed by atoms with van der Waals surface area (Å²) in [6.07, 6.45) is 1.68. The van der Waals surface area contributed by atoms with Crippen LogP contribution < -0.4 is 20.1 Å². The Balaban J connectivity index is 1.40. The smallest absolute Gasteiger partial charge is 0.231 e. The van der Waals surface area contributed by atoms with Crippen molar-refractivity contribution < 1.29 is 14.3 Å². The molecule has 0 fully saturated rings. The highest BCUT2D eigenvalue weighted by Gasteiger charge is 2.13. The van der Waals surface area contributed by atoms with Crippen LogP contribution in [0, 0.1) is 0 Å². The highest BCUT2D eigenvalue weighted by molar-refractivity contribution is 5.94. The minimum Gasteiger partial charge on any atom is -0.454 e. The third-order valence-electron chi connectivity index (χ3n) is 4.11. The van der Waals surface area contributed by atoms with Gasteiger partial charge in [0.1, 0.15) is 5.82 Å². The molecule has 0 spiro atoms. The minimum atomic E-state index is 0.0347. The van der Waals surface area contributed by atoms with Gasteiger partial charge in [0.25, 0.3) is 0 Å². The lowest BCUT2D eigenvalue weighted by Crippen LogP contribution is -2.04. The fourth-order valence-corrected chi connectivity index (χ4v) is 2.68. The van der Waals surface area contributed by atoms with Gasteiger partial charge in [-0.1, -0.05) is 6.07 Å². The number of aromatic nitrogens is 2. The quantitative estimate of drug-likeness (QED) is 0.646. The summed E-state index contributed by atoms with van der Waals surface area (Å²) in [5.41, 5.74) is 2.54. The average molecular weight is 362 g/mol. The zero-order valence-electron chi connectivity index (χ0n) is 14.7. The molecular formula is C20H18N4O3. The Morgan fingerprint density at radius 1 is 1.07 bits per heavy atom. The summed E-state index contributed by atoms with van der Waals surface area (Å²) in [4.78, 5) is 20.0. The molecule has 2 heterocycles. The molecule has 4 rings (SSSR count). The molecule has 7 nitrogen and oxygen atoms in total. The van der Waals surface area contributed by atoms with Gasteiger partial charge < -0.3 is 20.1 Å². The van der Waals surface area contributed by atoms with E-state index in [2.05, 4.69) is 20.6 Å². The van der Waals surface area contributed by atoms with E-state index in [0.717, 1.165) is 22.7 Å². The Hall–Kier alpha value is -3.61. The maximum Gasteiger partial charge on any atom is 0.231 e. The molecule has 136 valence electrons. The molecule has 0 atom stereocenters. The normalized spacial score (nSPS) is 11.9. The van der Waals surface area contributed by atoms with Gasteiger partial charge in [-0.3, -0.25) is 4.79 Å². The van der Waals surface area contributed by atoms with E-state index in [1.807, 2.05) is 30.3 Å². The Kier molecular flexibility index (Phi) is 4.57. The monoisotopic (exact) mass is 362 g/mol. The molecule has 3 aromatic rings. The Bertz CT molecular complexity index is 973. The SMILES string of the molecule is CC(=O)c1ccc(Nc2nccc(NCc3ccc4c(c3)OCO4)n2)cc1. The van der Waals surface area contributed by atoms with Crippen LogP contribution >= 0.6 is 0 Å². The first-order chi connectivity index (χ1) is 13.2. The standard InChI is InChI=1S/C20H18N4O3/c1-13(25)15-3-5-16(6-4-15)23-20-21-9-8-19(24-20)22-11-14-2-7-17-18(10-14)27-12-26-17/h2-10H,11-12H2,1H3,(H2,21,22,23,24). The van der Waals surface area contributed by atoms with Crippen LogP contribution in [0.1, 0.15) is 22.8 Å². The Morgan fingerprint density at radius 3 is 2.70 bits per heavy atom. The Labute approximate surface area is 156 Å². The van der Waals surface area contributed by atoms with Crippen LogP contribution in [0.4, 0.5) is 17.5 Å². The lowest BCUT2D eigenvalue weighted by molar-refractivity contribution is 0.101. The number of carbonyl (C=O) groups excluding carboxylic acids is 1. The number of ketones is 1. The first-order valence-corrected chi connectivity index (χ1v) is 8.51. The van der Waals surface area contributed by atoms with Gasteiger partial charge in [0.15, 0.2) is 17.3 Å². The summed E-state index contributed by atoms with van der Waals surface area (Å²) in [6, 6.07) is 14.8. The van der Waals surface area contributed by atoms with Crippen LogP contribution in [0.15, 0.2) is 54.7 Å². The van der Waals surface area contributed by atoms with Crippen molar-refractivity contribution in [2.75, 3.05) is 17.4 Å². The predicted octanol–water partition coefficient (Wildman–Crippen LogP) is 3.76. The van der Waals surface area contributed by atoms with Gasteiger partial charge in [-0.05, 0) is 55.0 Å². The van der Waals surface area contributed by atoms with Crippen molar-refractivity contribution in [2.45, 2.75) is 13.5 Å². The molecular weight excluding hydrogens is 344 g/mol. The average Bonchev–Trinajstić information content (AvgIpc) is 3.15. The van der Waals surface area contributed by atoms with Crippen molar-refractivity contribution in [3.05, 3.63) is 65.9 Å². The van der Waals surface area contributed by atoms with E-state index < -0.39 is 0 Å². The maximum atomic E-state index is 11.3. The van der Waals surface area contributed by atoms with Crippen molar-refractivity contribution in [2.24, 2.45) is 0 Å². The number of Topliss-reactive ketones (excluding diaryl/α,β-unsaturated/α-hetero) is 1. The number of carbonyl (C=O) groups is 1. The number of hydrogen-bond acceptors (Lipinski definition) is 7. The molecule has 2 aromatic carbocycles. The number of anilines is 3. The first kappa shape index (κ1) is 16.8. The third kappa shape index (κ3) is 3.98. The molecule has 0 bridgehead atoms. The first-order valence-electron chi connectivity index (χ1n) is 8.51. The molecule has 1 aliphatic rings. The van der Waals surface area contributed by atoms with Crippen molar-refractivity contribution in [3.8, 4) is 11.5 Å². The highest BCUT2D eigenvalue weighted by Crippen LogP contribution is 2.32. The molecule has 7 heteroatoms. The van der Waals surface area contributed by atoms with E-state index in [0.29, 0.717) is 23.9 Å². The molecule has 0 saturated carbocycles. The van der Waals surface area contributed by atoms with Crippen molar-refractivity contribution >= 4 is 23.2 Å². The third-order valence-corrected chi connectivity index (χ3v) is 4.11. The summed E-state index contributed by atoms with van der Waals surface area (Å²) in [7, 11) is 0. The predicted molar refractivity (Wildman–Crippen MR) is 102 cm³/mol. The van der Waals surface area contributed by atoms with Crippen LogP contribution in [-0.2, 0) is 6.54 Å². The summed E-state index contributed by atoms with van der Waals surface area (Å²) < 4.78 is 10.7. The second-order valence-corrected chi connectivity index (χ2v) is 6.07. The number of benzene rings is 2. The lowest BCUT2D eigenvalue weighted by Gasteiger charge is -2.09. The highest BCUT2D eigenvalue weighted by atomic mass is 16.7. The van der Waals surface area contributed by atoms with Crippen molar-refractivity contribution in [1.82, 2.24) is 9.97 Å². The molecule has 0 radical (unpaired) electrons. The van der Waals surface area contributed by atoms with E-state index >= 15 is 0 Å². The molecule has 0 unspecified atom stereocenters. The van der Waals surface area contributed by atoms with Gasteiger partial charge in [-0.2, -0.15) is 4.98 Å². The minimum absolute atomic E-state index is 0.0347. The molecule has 27 heavy (non-hydrogen) atoms. The summed E-state index contributed by atoms with van der Waals surface area (Å²) in [5.74, 6) is 2.73. The molecule has 1 aromatic heterocycles. The second kappa shape index (κ2) is 7.33. The number of nitrogens with one attached hydrogen (secondary N) is 2. The van der Waals surface area contributed by atoms with Crippen LogP contribution in [0.5, 0.6) is 11.5 Å². The number of ether oxygens (including phenoxy) is 2. The summed E-state index contributed by atoms with van der Waals surface area (Å²) >= 11 is 0. The van der Waals surface area contributed by atoms with E-state index in [-0.39, 0.29) is 12.6 Å². The van der Waals surface area contributed by atoms with Crippen molar-refractivity contribution in [1.29, 1.82) is 0 Å². The molecule has 2 N–H and O–H groups in total. The van der Waals surface area contributed by atoms with E-state index in [4.69, 9.17) is 9.47 Å². The van der Waals surface area contributed by atoms with Crippen LogP contribution in [0.3, 0.4) is 0 Å². The second-order valence-electron chi connectivity index (χ2n) is 6.07. The van der Waals surface area contributed by atoms with Gasteiger partial charge in [0, 0.05) is 24.0 Å². The van der Waals surface area contributed by atoms with Gasteiger partial charge >= 0.3 is 0 Å². The van der Waals surface area contributed by atoms with Gasteiger partial charge in [0.05, 0.1) is 0 Å². The van der Waals surface area contributed by atoms with E-state index in [9.17, 15) is 4.79 Å². The molecule has 0 amide bonds. The molecule has 0 saturated heterocycles. The Morgan fingerprint density at radius 2 is 1.89 bits per heavy atom. The number of hydrogen-bond donors (Lipinski definition) is 2. The zero-order valence-corrected chi connectivity index (χ0v) is 14.7. The number of nitrogens with zero attached hydrogens (tertiary/aromatic N) is 2. The van der Waals surface area contributed by atoms with E-state index in [1.165, 1.54) is 0 Å². The zero-order chi connectivity index (χ0) is 18.6. The van der Waals surface area contributed by atoms with Crippen molar-refractivity contribution in [3.63, 3.8) is 0 Å². The van der Waals surface area contributed by atoms with Crippen LogP contribution in [0.2, 0.25) is 0 Å². The summed E-state index contributed by atoms with van der Waals surface area (Å²) in [5, 5.41) is 6.40. The topological polar surface area (TPSA) is 85.4 Å². The van der Waals surface area contributed by atoms with Crippen LogP contribution in [-0.4, -0.2) is 22.5 Å². The lowest BCUT2D eigenvalue weighted by atomic mass is 10.1. The van der Waals surface area contributed by atoms with Crippen LogP contribution in [0.25, 0.3) is 0 Å². The maximum absolute atomic E-state index is 11.3. The van der Waals surface area contributed by atoms with E-state index in [1.54, 1.807) is 31.3 Å². The fraction of sp³-hybridized carbons (Fsp3) is 0.150. The summed E-state index contributed by atoms with van der Waals surface area (Å²) in [6.45, 7) is 2.40. The fourth-order valence-electron chi connectivity index (χ4n) is 2.68. The van der Waals surface area contributed by atoms with Gasteiger partial charge in [-0.15, -0.1) is 0 Å². The largest absolute Gasteiger partial charge is 0.454 e. The number of rotatable bonds is 6. The molecule has 1 aliphatic heterocycles.